The lowest BCUT2D eigenvalue weighted by molar-refractivity contribution is -0.137. The number of aliphatic carboxylic acids is 1. The summed E-state index contributed by atoms with van der Waals surface area (Å²) in [7, 11) is 0. The summed E-state index contributed by atoms with van der Waals surface area (Å²) in [5.41, 5.74) is 0. The van der Waals surface area contributed by atoms with Gasteiger partial charge in [-0.1, -0.05) is 0 Å². The maximum atomic E-state index is 10.6. The largest absolute Gasteiger partial charge is 0.481 e. The van der Waals surface area contributed by atoms with Crippen LogP contribution in [-0.4, -0.2) is 33.6 Å². The van der Waals surface area contributed by atoms with E-state index in [1.54, 1.807) is 18.6 Å². The topological polar surface area (TPSA) is 66.3 Å². The standard InChI is InChI=1S/C12H17N3O2/c16-12(17)5-4-10-3-1-2-8-15(10)11-9-13-6-7-14-11/h6-7,9-10H,1-5,8H2,(H,16,17). The molecule has 2 rings (SSSR count). The van der Waals surface area contributed by atoms with E-state index < -0.39 is 5.97 Å². The van der Waals surface area contributed by atoms with Crippen LogP contribution in [0.4, 0.5) is 5.82 Å². The van der Waals surface area contributed by atoms with Crippen LogP contribution in [0.25, 0.3) is 0 Å². The first-order valence-corrected chi connectivity index (χ1v) is 6.02. The molecule has 0 spiro atoms. The molecule has 92 valence electrons. The average Bonchev–Trinajstić information content (AvgIpc) is 2.38. The van der Waals surface area contributed by atoms with E-state index in [0.717, 1.165) is 25.2 Å². The summed E-state index contributed by atoms with van der Waals surface area (Å²) in [6.07, 6.45) is 9.34. The molecule has 5 heteroatoms. The van der Waals surface area contributed by atoms with Crippen molar-refractivity contribution < 1.29 is 9.90 Å². The molecule has 17 heavy (non-hydrogen) atoms. The number of anilines is 1. The maximum Gasteiger partial charge on any atom is 0.303 e. The summed E-state index contributed by atoms with van der Waals surface area (Å²) in [5.74, 6) is 0.136. The van der Waals surface area contributed by atoms with Crippen molar-refractivity contribution in [2.45, 2.75) is 38.1 Å². The molecular formula is C12H17N3O2. The molecule has 1 saturated heterocycles. The zero-order chi connectivity index (χ0) is 12.1. The Balaban J connectivity index is 2.04. The molecule has 1 fully saturated rings. The highest BCUT2D eigenvalue weighted by molar-refractivity contribution is 5.66. The van der Waals surface area contributed by atoms with E-state index in [9.17, 15) is 4.79 Å². The van der Waals surface area contributed by atoms with E-state index in [4.69, 9.17) is 5.11 Å². The predicted molar refractivity (Wildman–Crippen MR) is 63.9 cm³/mol. The van der Waals surface area contributed by atoms with Gasteiger partial charge >= 0.3 is 5.97 Å². The van der Waals surface area contributed by atoms with Gasteiger partial charge in [-0.3, -0.25) is 9.78 Å². The van der Waals surface area contributed by atoms with Crippen molar-refractivity contribution in [2.75, 3.05) is 11.4 Å². The van der Waals surface area contributed by atoms with Crippen molar-refractivity contribution in [2.24, 2.45) is 0 Å². The molecule has 1 unspecified atom stereocenters. The Hall–Kier alpha value is -1.65. The highest BCUT2D eigenvalue weighted by Gasteiger charge is 2.23. The fraction of sp³-hybridized carbons (Fsp3) is 0.583. The fourth-order valence-electron chi connectivity index (χ4n) is 2.33. The lowest BCUT2D eigenvalue weighted by Crippen LogP contribution is -2.40. The van der Waals surface area contributed by atoms with Crippen molar-refractivity contribution >= 4 is 11.8 Å². The van der Waals surface area contributed by atoms with Gasteiger partial charge in [0.25, 0.3) is 0 Å². The predicted octanol–water partition coefficient (Wildman–Crippen LogP) is 1.70. The molecule has 1 aromatic rings. The van der Waals surface area contributed by atoms with Crippen molar-refractivity contribution in [3.63, 3.8) is 0 Å². The molecule has 1 aliphatic heterocycles. The lowest BCUT2D eigenvalue weighted by Gasteiger charge is -2.36. The molecule has 0 saturated carbocycles. The number of rotatable bonds is 4. The minimum Gasteiger partial charge on any atom is -0.481 e. The van der Waals surface area contributed by atoms with Crippen molar-refractivity contribution in [1.29, 1.82) is 0 Å². The van der Waals surface area contributed by atoms with Crippen LogP contribution in [0.15, 0.2) is 18.6 Å². The summed E-state index contributed by atoms with van der Waals surface area (Å²) >= 11 is 0. The minimum atomic E-state index is -0.727. The van der Waals surface area contributed by atoms with Crippen molar-refractivity contribution in [3.8, 4) is 0 Å². The third-order valence-electron chi connectivity index (χ3n) is 3.16. The quantitative estimate of drug-likeness (QED) is 0.860. The van der Waals surface area contributed by atoms with Crippen LogP contribution in [0.5, 0.6) is 0 Å². The van der Waals surface area contributed by atoms with Crippen LogP contribution in [0.1, 0.15) is 32.1 Å². The molecule has 5 nitrogen and oxygen atoms in total. The van der Waals surface area contributed by atoms with Gasteiger partial charge < -0.3 is 10.0 Å². The Morgan fingerprint density at radius 1 is 1.47 bits per heavy atom. The molecule has 1 aliphatic rings. The van der Waals surface area contributed by atoms with Crippen LogP contribution in [0.3, 0.4) is 0 Å². The van der Waals surface area contributed by atoms with Gasteiger partial charge in [-0.05, 0) is 25.7 Å². The zero-order valence-electron chi connectivity index (χ0n) is 9.75. The first kappa shape index (κ1) is 11.8. The van der Waals surface area contributed by atoms with Crippen LogP contribution in [-0.2, 0) is 4.79 Å². The van der Waals surface area contributed by atoms with Gasteiger partial charge in [0.1, 0.15) is 5.82 Å². The second kappa shape index (κ2) is 5.61. The molecule has 0 aliphatic carbocycles. The second-order valence-corrected chi connectivity index (χ2v) is 4.34. The number of piperidine rings is 1. The van der Waals surface area contributed by atoms with Gasteiger partial charge in [0.15, 0.2) is 0 Å². The number of carboxylic acids is 1. The van der Waals surface area contributed by atoms with Crippen molar-refractivity contribution in [1.82, 2.24) is 9.97 Å². The lowest BCUT2D eigenvalue weighted by atomic mass is 9.98. The highest BCUT2D eigenvalue weighted by Crippen LogP contribution is 2.25. The van der Waals surface area contributed by atoms with Crippen molar-refractivity contribution in [3.05, 3.63) is 18.6 Å². The molecule has 1 atom stereocenters. The Labute approximate surface area is 100 Å². The summed E-state index contributed by atoms with van der Waals surface area (Å²) in [5, 5.41) is 8.75. The number of hydrogen-bond donors (Lipinski definition) is 1. The summed E-state index contributed by atoms with van der Waals surface area (Å²) in [4.78, 5) is 21.2. The van der Waals surface area contributed by atoms with Crippen LogP contribution < -0.4 is 4.90 Å². The van der Waals surface area contributed by atoms with Gasteiger partial charge in [0.2, 0.25) is 0 Å². The fourth-order valence-corrected chi connectivity index (χ4v) is 2.33. The van der Waals surface area contributed by atoms with E-state index in [-0.39, 0.29) is 12.5 Å². The first-order chi connectivity index (χ1) is 8.27. The Kier molecular flexibility index (Phi) is 3.90. The van der Waals surface area contributed by atoms with Crippen LogP contribution in [0, 0.1) is 0 Å². The number of carbonyl (C=O) groups is 1. The summed E-state index contributed by atoms with van der Waals surface area (Å²) < 4.78 is 0. The third kappa shape index (κ3) is 3.15. The Morgan fingerprint density at radius 3 is 3.06 bits per heavy atom. The first-order valence-electron chi connectivity index (χ1n) is 6.02. The number of hydrogen-bond acceptors (Lipinski definition) is 4. The number of nitrogens with zero attached hydrogens (tertiary/aromatic N) is 3. The SMILES string of the molecule is O=C(O)CCC1CCCCN1c1cnccn1. The number of aromatic nitrogens is 2. The zero-order valence-corrected chi connectivity index (χ0v) is 9.75. The average molecular weight is 235 g/mol. The normalized spacial score (nSPS) is 20.2. The Bertz CT molecular complexity index is 369. The van der Waals surface area contributed by atoms with E-state index in [1.165, 1.54) is 6.42 Å². The van der Waals surface area contributed by atoms with Crippen LogP contribution in [0.2, 0.25) is 0 Å². The summed E-state index contributed by atoms with van der Waals surface area (Å²) in [6.45, 7) is 0.947. The maximum absolute atomic E-state index is 10.6. The van der Waals surface area contributed by atoms with Gasteiger partial charge in [0, 0.05) is 31.4 Å². The molecule has 1 aromatic heterocycles. The van der Waals surface area contributed by atoms with Gasteiger partial charge in [-0.25, -0.2) is 4.98 Å². The molecule has 2 heterocycles. The molecule has 0 radical (unpaired) electrons. The highest BCUT2D eigenvalue weighted by atomic mass is 16.4. The Morgan fingerprint density at radius 2 is 2.35 bits per heavy atom. The molecule has 0 aromatic carbocycles. The molecule has 0 amide bonds. The van der Waals surface area contributed by atoms with E-state index in [2.05, 4.69) is 14.9 Å². The van der Waals surface area contributed by atoms with Gasteiger partial charge in [0.05, 0.1) is 6.20 Å². The minimum absolute atomic E-state index is 0.224. The molecule has 0 bridgehead atoms. The second-order valence-electron chi connectivity index (χ2n) is 4.34. The van der Waals surface area contributed by atoms with Gasteiger partial charge in [-0.2, -0.15) is 0 Å². The van der Waals surface area contributed by atoms with E-state index in [0.29, 0.717) is 6.42 Å². The van der Waals surface area contributed by atoms with E-state index >= 15 is 0 Å². The smallest absolute Gasteiger partial charge is 0.303 e. The number of carboxylic acid groups (broad SMARTS) is 1. The summed E-state index contributed by atoms with van der Waals surface area (Å²) in [6, 6.07) is 0.288. The monoisotopic (exact) mass is 235 g/mol. The molecular weight excluding hydrogens is 218 g/mol. The van der Waals surface area contributed by atoms with E-state index in [1.807, 2.05) is 0 Å². The van der Waals surface area contributed by atoms with Crippen LogP contribution >= 0.6 is 0 Å². The third-order valence-corrected chi connectivity index (χ3v) is 3.16. The molecule has 1 N–H and O–H groups in total. The van der Waals surface area contributed by atoms with Gasteiger partial charge in [-0.15, -0.1) is 0 Å².